The zero-order chi connectivity index (χ0) is 15.0. The third-order valence-corrected chi connectivity index (χ3v) is 4.92. The molecular formula is C19H25NO. The zero-order valence-corrected chi connectivity index (χ0v) is 13.5. The molecule has 1 aromatic heterocycles. The van der Waals surface area contributed by atoms with Crippen molar-refractivity contribution in [1.29, 1.82) is 0 Å². The van der Waals surface area contributed by atoms with Gasteiger partial charge in [-0.25, -0.2) is 0 Å². The summed E-state index contributed by atoms with van der Waals surface area (Å²) < 4.78 is 5.80. The predicted octanol–water partition coefficient (Wildman–Crippen LogP) is 4.20. The summed E-state index contributed by atoms with van der Waals surface area (Å²) in [7, 11) is 2.04. The molecule has 3 rings (SSSR count). The molecule has 0 fully saturated rings. The molecule has 1 aliphatic rings. The Bertz CT molecular complexity index is 654. The lowest BCUT2D eigenvalue weighted by Gasteiger charge is -2.18. The molecule has 112 valence electrons. The fourth-order valence-electron chi connectivity index (χ4n) is 3.66. The summed E-state index contributed by atoms with van der Waals surface area (Å²) in [5.41, 5.74) is 7.14. The van der Waals surface area contributed by atoms with Gasteiger partial charge in [0, 0.05) is 11.6 Å². The third-order valence-electron chi connectivity index (χ3n) is 4.92. The van der Waals surface area contributed by atoms with Gasteiger partial charge in [-0.15, -0.1) is 0 Å². The van der Waals surface area contributed by atoms with Gasteiger partial charge in [-0.05, 0) is 75.8 Å². The Morgan fingerprint density at radius 3 is 2.52 bits per heavy atom. The van der Waals surface area contributed by atoms with E-state index < -0.39 is 0 Å². The van der Waals surface area contributed by atoms with Crippen molar-refractivity contribution in [2.45, 2.75) is 52.5 Å². The van der Waals surface area contributed by atoms with Crippen LogP contribution in [0.2, 0.25) is 0 Å². The van der Waals surface area contributed by atoms with Crippen LogP contribution in [-0.2, 0) is 19.3 Å². The van der Waals surface area contributed by atoms with E-state index in [0.29, 0.717) is 6.04 Å². The lowest BCUT2D eigenvalue weighted by molar-refractivity contribution is 0.489. The predicted molar refractivity (Wildman–Crippen MR) is 86.9 cm³/mol. The molecule has 0 aliphatic heterocycles. The fourth-order valence-corrected chi connectivity index (χ4v) is 3.66. The Labute approximate surface area is 127 Å². The van der Waals surface area contributed by atoms with Crippen LogP contribution in [0.25, 0.3) is 0 Å². The van der Waals surface area contributed by atoms with Crippen LogP contribution in [0.1, 0.15) is 51.8 Å². The van der Waals surface area contributed by atoms with Gasteiger partial charge in [0.1, 0.15) is 11.5 Å². The number of fused-ring (bicyclic) bond motifs is 1. The first-order valence-electron chi connectivity index (χ1n) is 7.94. The number of rotatable bonds is 4. The summed E-state index contributed by atoms with van der Waals surface area (Å²) in [5.74, 6) is 2.09. The molecule has 0 amide bonds. The number of hydrogen-bond acceptors (Lipinski definition) is 2. The largest absolute Gasteiger partial charge is 0.466 e. The van der Waals surface area contributed by atoms with Gasteiger partial charge < -0.3 is 9.73 Å². The molecule has 0 radical (unpaired) electrons. The van der Waals surface area contributed by atoms with Crippen LogP contribution >= 0.6 is 0 Å². The van der Waals surface area contributed by atoms with Crippen molar-refractivity contribution in [3.05, 3.63) is 57.5 Å². The van der Waals surface area contributed by atoms with E-state index in [9.17, 15) is 0 Å². The molecule has 2 nitrogen and oxygen atoms in total. The van der Waals surface area contributed by atoms with Gasteiger partial charge in [-0.3, -0.25) is 0 Å². The summed E-state index contributed by atoms with van der Waals surface area (Å²) in [4.78, 5) is 0. The Morgan fingerprint density at radius 2 is 1.86 bits per heavy atom. The van der Waals surface area contributed by atoms with Crippen LogP contribution in [0.3, 0.4) is 0 Å². The first-order valence-corrected chi connectivity index (χ1v) is 7.94. The Morgan fingerprint density at radius 1 is 1.10 bits per heavy atom. The van der Waals surface area contributed by atoms with Crippen molar-refractivity contribution in [1.82, 2.24) is 5.32 Å². The highest BCUT2D eigenvalue weighted by atomic mass is 16.3. The molecule has 2 heteroatoms. The van der Waals surface area contributed by atoms with Crippen LogP contribution < -0.4 is 5.32 Å². The molecular weight excluding hydrogens is 258 g/mol. The molecule has 1 aromatic carbocycles. The van der Waals surface area contributed by atoms with Gasteiger partial charge in [0.2, 0.25) is 0 Å². The number of aryl methyl sites for hydroxylation is 4. The highest BCUT2D eigenvalue weighted by Crippen LogP contribution is 2.30. The Kier molecular flexibility index (Phi) is 3.90. The van der Waals surface area contributed by atoms with E-state index in [-0.39, 0.29) is 0 Å². The first-order chi connectivity index (χ1) is 10.1. The van der Waals surface area contributed by atoms with E-state index in [1.54, 1.807) is 11.1 Å². The SMILES string of the molecule is CNC(Cc1ccc2c(c1)CCC2)c1c(C)oc(C)c1C. The second-order valence-electron chi connectivity index (χ2n) is 6.26. The van der Waals surface area contributed by atoms with Crippen LogP contribution in [0.4, 0.5) is 0 Å². The zero-order valence-electron chi connectivity index (χ0n) is 13.5. The topological polar surface area (TPSA) is 25.2 Å². The minimum atomic E-state index is 0.321. The number of likely N-dealkylation sites (N-methyl/N-ethyl adjacent to an activating group) is 1. The molecule has 0 spiro atoms. The third kappa shape index (κ3) is 2.65. The van der Waals surface area contributed by atoms with E-state index in [1.165, 1.54) is 36.0 Å². The smallest absolute Gasteiger partial charge is 0.106 e. The molecule has 0 saturated carbocycles. The maximum atomic E-state index is 5.80. The lowest BCUT2D eigenvalue weighted by atomic mass is 9.94. The van der Waals surface area contributed by atoms with Gasteiger partial charge in [0.05, 0.1) is 0 Å². The van der Waals surface area contributed by atoms with E-state index in [1.807, 2.05) is 14.0 Å². The van der Waals surface area contributed by atoms with E-state index in [2.05, 4.69) is 37.4 Å². The quantitative estimate of drug-likeness (QED) is 0.910. The van der Waals surface area contributed by atoms with Gasteiger partial charge >= 0.3 is 0 Å². The molecule has 0 saturated heterocycles. The van der Waals surface area contributed by atoms with Gasteiger partial charge in [-0.1, -0.05) is 18.2 Å². The maximum Gasteiger partial charge on any atom is 0.106 e. The fraction of sp³-hybridized carbons (Fsp3) is 0.474. The second kappa shape index (κ2) is 5.69. The van der Waals surface area contributed by atoms with Gasteiger partial charge in [0.25, 0.3) is 0 Å². The minimum absolute atomic E-state index is 0.321. The standard InChI is InChI=1S/C19H25NO/c1-12-13(2)21-14(3)19(12)18(20-4)11-15-8-9-16-6-5-7-17(16)10-15/h8-10,18,20H,5-7,11H2,1-4H3. The van der Waals surface area contributed by atoms with Crippen molar-refractivity contribution < 1.29 is 4.42 Å². The summed E-state index contributed by atoms with van der Waals surface area (Å²) in [5, 5.41) is 3.47. The maximum absolute atomic E-state index is 5.80. The second-order valence-corrected chi connectivity index (χ2v) is 6.26. The monoisotopic (exact) mass is 283 g/mol. The molecule has 0 bridgehead atoms. The molecule has 1 unspecified atom stereocenters. The van der Waals surface area contributed by atoms with Crippen molar-refractivity contribution in [3.8, 4) is 0 Å². The normalized spacial score (nSPS) is 15.2. The summed E-state index contributed by atoms with van der Waals surface area (Å²) >= 11 is 0. The highest BCUT2D eigenvalue weighted by molar-refractivity contribution is 5.38. The van der Waals surface area contributed by atoms with Crippen LogP contribution in [0, 0.1) is 20.8 Å². The van der Waals surface area contributed by atoms with Gasteiger partial charge in [-0.2, -0.15) is 0 Å². The number of furan rings is 1. The summed E-state index contributed by atoms with van der Waals surface area (Å²) in [6, 6.07) is 7.35. The number of nitrogens with one attached hydrogen (secondary N) is 1. The van der Waals surface area contributed by atoms with Gasteiger partial charge in [0.15, 0.2) is 0 Å². The van der Waals surface area contributed by atoms with E-state index in [0.717, 1.165) is 17.9 Å². The molecule has 1 N–H and O–H groups in total. The average molecular weight is 283 g/mol. The summed E-state index contributed by atoms with van der Waals surface area (Å²) in [6.07, 6.45) is 4.83. The van der Waals surface area contributed by atoms with Crippen molar-refractivity contribution in [3.63, 3.8) is 0 Å². The lowest BCUT2D eigenvalue weighted by Crippen LogP contribution is -2.20. The molecule has 1 heterocycles. The van der Waals surface area contributed by atoms with E-state index in [4.69, 9.17) is 4.42 Å². The Hall–Kier alpha value is -1.54. The van der Waals surface area contributed by atoms with Crippen LogP contribution in [-0.4, -0.2) is 7.05 Å². The first kappa shape index (κ1) is 14.4. The molecule has 21 heavy (non-hydrogen) atoms. The molecule has 1 aliphatic carbocycles. The summed E-state index contributed by atoms with van der Waals surface area (Å²) in [6.45, 7) is 6.28. The highest BCUT2D eigenvalue weighted by Gasteiger charge is 2.21. The van der Waals surface area contributed by atoms with Crippen molar-refractivity contribution in [2.24, 2.45) is 0 Å². The minimum Gasteiger partial charge on any atom is -0.466 e. The number of benzene rings is 1. The van der Waals surface area contributed by atoms with Crippen LogP contribution in [0.5, 0.6) is 0 Å². The average Bonchev–Trinajstić information content (AvgIpc) is 3.02. The van der Waals surface area contributed by atoms with E-state index >= 15 is 0 Å². The number of hydrogen-bond donors (Lipinski definition) is 1. The van der Waals surface area contributed by atoms with Crippen molar-refractivity contribution in [2.75, 3.05) is 7.05 Å². The Balaban J connectivity index is 1.87. The molecule has 2 aromatic rings. The van der Waals surface area contributed by atoms with Crippen molar-refractivity contribution >= 4 is 0 Å². The van der Waals surface area contributed by atoms with Crippen LogP contribution in [0.15, 0.2) is 22.6 Å². The molecule has 1 atom stereocenters.